The summed E-state index contributed by atoms with van der Waals surface area (Å²) in [6.07, 6.45) is 1.58. The Morgan fingerprint density at radius 3 is 2.26 bits per heavy atom. The predicted molar refractivity (Wildman–Crippen MR) is 138 cm³/mol. The molecule has 35 heavy (non-hydrogen) atoms. The molecule has 0 bridgehead atoms. The Morgan fingerprint density at radius 2 is 1.60 bits per heavy atom. The van der Waals surface area contributed by atoms with Crippen molar-refractivity contribution in [3.63, 3.8) is 0 Å². The first-order valence-electron chi connectivity index (χ1n) is 11.9. The molecule has 1 N–H and O–H groups in total. The van der Waals surface area contributed by atoms with Crippen molar-refractivity contribution >= 4 is 39.8 Å². The second-order valence-corrected chi connectivity index (χ2v) is 10.2. The molecule has 5 rings (SSSR count). The first kappa shape index (κ1) is 23.2. The fourth-order valence-electron chi connectivity index (χ4n) is 4.71. The number of ketones is 1. The summed E-state index contributed by atoms with van der Waals surface area (Å²) in [5, 5.41) is 3.45. The molecule has 1 aliphatic heterocycles. The van der Waals surface area contributed by atoms with Crippen molar-refractivity contribution in [3.8, 4) is 0 Å². The number of thiazole rings is 1. The molecule has 180 valence electrons. The summed E-state index contributed by atoms with van der Waals surface area (Å²) in [5.41, 5.74) is 4.28. The third kappa shape index (κ3) is 4.84. The molecule has 7 nitrogen and oxygen atoms in total. The Balaban J connectivity index is 1.20. The molecule has 2 heterocycles. The molecule has 0 spiro atoms. The van der Waals surface area contributed by atoms with E-state index in [1.165, 1.54) is 11.3 Å². The summed E-state index contributed by atoms with van der Waals surface area (Å²) in [6.45, 7) is 6.36. The van der Waals surface area contributed by atoms with Crippen molar-refractivity contribution in [2.75, 3.05) is 36.4 Å². The molecule has 8 heteroatoms. The summed E-state index contributed by atoms with van der Waals surface area (Å²) < 4.78 is 0. The lowest BCUT2D eigenvalue weighted by Gasteiger charge is -2.37. The summed E-state index contributed by atoms with van der Waals surface area (Å²) in [6, 6.07) is 15.1. The van der Waals surface area contributed by atoms with Gasteiger partial charge in [-0.1, -0.05) is 17.7 Å². The largest absolute Gasteiger partial charge is 0.368 e. The minimum absolute atomic E-state index is 0.0582. The third-order valence-electron chi connectivity index (χ3n) is 6.78. The minimum atomic E-state index is -0.243. The first-order valence-corrected chi connectivity index (χ1v) is 12.7. The zero-order valence-corrected chi connectivity index (χ0v) is 20.7. The number of hydrogen-bond donors (Lipinski definition) is 1. The van der Waals surface area contributed by atoms with Crippen LogP contribution in [-0.2, 0) is 11.2 Å². The molecule has 1 unspecified atom stereocenters. The second kappa shape index (κ2) is 9.62. The van der Waals surface area contributed by atoms with Crippen LogP contribution in [0.25, 0.3) is 0 Å². The number of fused-ring (bicyclic) bond motifs is 1. The van der Waals surface area contributed by atoms with Crippen LogP contribution in [0.3, 0.4) is 0 Å². The van der Waals surface area contributed by atoms with Gasteiger partial charge in [-0.05, 0) is 63.1 Å². The van der Waals surface area contributed by atoms with E-state index < -0.39 is 0 Å². The van der Waals surface area contributed by atoms with E-state index >= 15 is 0 Å². The lowest BCUT2D eigenvalue weighted by molar-refractivity contribution is -0.133. The van der Waals surface area contributed by atoms with Gasteiger partial charge in [0, 0.05) is 47.9 Å². The number of carbonyl (C=O) groups is 3. The minimum Gasteiger partial charge on any atom is -0.368 e. The highest BCUT2D eigenvalue weighted by atomic mass is 32.1. The van der Waals surface area contributed by atoms with Gasteiger partial charge in [0.1, 0.15) is 0 Å². The summed E-state index contributed by atoms with van der Waals surface area (Å²) in [5.74, 6) is -0.250. The molecule has 0 radical (unpaired) electrons. The highest BCUT2D eigenvalue weighted by Gasteiger charge is 2.36. The Kier molecular flexibility index (Phi) is 6.38. The van der Waals surface area contributed by atoms with E-state index in [2.05, 4.69) is 15.2 Å². The molecular weight excluding hydrogens is 460 g/mol. The lowest BCUT2D eigenvalue weighted by Crippen LogP contribution is -2.50. The van der Waals surface area contributed by atoms with Gasteiger partial charge < -0.3 is 9.80 Å². The van der Waals surface area contributed by atoms with Crippen molar-refractivity contribution < 1.29 is 14.4 Å². The molecule has 3 aromatic rings. The maximum Gasteiger partial charge on any atom is 0.257 e. The number of aromatic nitrogens is 1. The summed E-state index contributed by atoms with van der Waals surface area (Å²) in [7, 11) is 0. The van der Waals surface area contributed by atoms with Crippen molar-refractivity contribution in [1.29, 1.82) is 0 Å². The van der Waals surface area contributed by atoms with Crippen LogP contribution in [0.2, 0.25) is 0 Å². The Hall–Kier alpha value is -3.52. The van der Waals surface area contributed by atoms with Crippen LogP contribution in [0.4, 0.5) is 10.8 Å². The molecular formula is C27H28N4O3S. The SMILES string of the molecule is CC(=O)c1ccc(N2CCN(C(=O)C3CCc4sc(NC(=O)c5ccc(C)cc5)nc43)CC2)cc1. The fraction of sp³-hybridized carbons (Fsp3) is 0.333. The number of hydrogen-bond acceptors (Lipinski definition) is 6. The van der Waals surface area contributed by atoms with Gasteiger partial charge in [0.2, 0.25) is 5.91 Å². The van der Waals surface area contributed by atoms with E-state index in [0.29, 0.717) is 29.3 Å². The van der Waals surface area contributed by atoms with Gasteiger partial charge in [-0.3, -0.25) is 19.7 Å². The van der Waals surface area contributed by atoms with Crippen LogP contribution in [0.1, 0.15) is 56.1 Å². The van der Waals surface area contributed by atoms with Crippen LogP contribution in [0, 0.1) is 6.92 Å². The zero-order valence-electron chi connectivity index (χ0n) is 19.9. The third-order valence-corrected chi connectivity index (χ3v) is 7.83. The number of rotatable bonds is 5. The van der Waals surface area contributed by atoms with E-state index in [-0.39, 0.29) is 23.5 Å². The summed E-state index contributed by atoms with van der Waals surface area (Å²) >= 11 is 1.47. The van der Waals surface area contributed by atoms with Crippen LogP contribution in [0.15, 0.2) is 48.5 Å². The van der Waals surface area contributed by atoms with Crippen molar-refractivity contribution in [3.05, 3.63) is 75.8 Å². The zero-order chi connectivity index (χ0) is 24.5. The van der Waals surface area contributed by atoms with Crippen molar-refractivity contribution in [2.24, 2.45) is 0 Å². The topological polar surface area (TPSA) is 82.6 Å². The average molecular weight is 489 g/mol. The highest BCUT2D eigenvalue weighted by Crippen LogP contribution is 2.39. The molecule has 2 aliphatic rings. The number of amides is 2. The van der Waals surface area contributed by atoms with E-state index in [4.69, 9.17) is 0 Å². The molecule has 1 fully saturated rings. The summed E-state index contributed by atoms with van der Waals surface area (Å²) in [4.78, 5) is 47.4. The number of piperazine rings is 1. The Labute approximate surface area is 208 Å². The van der Waals surface area contributed by atoms with Gasteiger partial charge in [-0.25, -0.2) is 4.98 Å². The number of aryl methyl sites for hydroxylation is 2. The number of Topliss-reactive ketones (excluding diaryl/α,β-unsaturated/α-hetero) is 1. The monoisotopic (exact) mass is 488 g/mol. The van der Waals surface area contributed by atoms with Gasteiger partial charge in [0.25, 0.3) is 5.91 Å². The van der Waals surface area contributed by atoms with Crippen LogP contribution < -0.4 is 10.2 Å². The van der Waals surface area contributed by atoms with Crippen molar-refractivity contribution in [2.45, 2.75) is 32.6 Å². The smallest absolute Gasteiger partial charge is 0.257 e. The van der Waals surface area contributed by atoms with Gasteiger partial charge in [0.05, 0.1) is 11.6 Å². The molecule has 2 amide bonds. The number of nitrogens with zero attached hydrogens (tertiary/aromatic N) is 3. The van der Waals surface area contributed by atoms with E-state index in [1.807, 2.05) is 48.2 Å². The maximum atomic E-state index is 13.4. The average Bonchev–Trinajstić information content (AvgIpc) is 3.44. The number of carbonyl (C=O) groups excluding carboxylic acids is 3. The number of anilines is 2. The van der Waals surface area contributed by atoms with E-state index in [1.54, 1.807) is 19.1 Å². The molecule has 1 saturated heterocycles. The van der Waals surface area contributed by atoms with Gasteiger partial charge in [0.15, 0.2) is 10.9 Å². The van der Waals surface area contributed by atoms with E-state index in [9.17, 15) is 14.4 Å². The van der Waals surface area contributed by atoms with Gasteiger partial charge in [-0.2, -0.15) is 0 Å². The Morgan fingerprint density at radius 1 is 0.943 bits per heavy atom. The molecule has 1 aromatic heterocycles. The highest BCUT2D eigenvalue weighted by molar-refractivity contribution is 7.16. The van der Waals surface area contributed by atoms with Gasteiger partial charge >= 0.3 is 0 Å². The normalized spacial score (nSPS) is 17.3. The van der Waals surface area contributed by atoms with Gasteiger partial charge in [-0.15, -0.1) is 11.3 Å². The quantitative estimate of drug-likeness (QED) is 0.542. The fourth-order valence-corrected chi connectivity index (χ4v) is 5.74. The first-order chi connectivity index (χ1) is 16.9. The molecule has 0 saturated carbocycles. The number of nitrogens with one attached hydrogen (secondary N) is 1. The molecule has 1 atom stereocenters. The predicted octanol–water partition coefficient (Wildman–Crippen LogP) is 4.29. The Bertz CT molecular complexity index is 1260. The van der Waals surface area contributed by atoms with Crippen LogP contribution in [-0.4, -0.2) is 53.7 Å². The van der Waals surface area contributed by atoms with E-state index in [0.717, 1.165) is 47.8 Å². The number of benzene rings is 2. The maximum absolute atomic E-state index is 13.4. The molecule has 1 aliphatic carbocycles. The van der Waals surface area contributed by atoms with Crippen LogP contribution in [0.5, 0.6) is 0 Å². The molecule has 2 aromatic carbocycles. The standard InChI is InChI=1S/C27H28N4O3S/c1-17-3-5-20(6-4-17)25(33)29-27-28-24-22(11-12-23(24)35-27)26(34)31-15-13-30(14-16-31)21-9-7-19(8-10-21)18(2)32/h3-10,22H,11-16H2,1-2H3,(H,28,29,33). The second-order valence-electron chi connectivity index (χ2n) is 9.15. The van der Waals surface area contributed by atoms with Crippen molar-refractivity contribution in [1.82, 2.24) is 9.88 Å². The lowest BCUT2D eigenvalue weighted by atomic mass is 10.0. The van der Waals surface area contributed by atoms with Crippen LogP contribution >= 0.6 is 11.3 Å².